The van der Waals surface area contributed by atoms with Gasteiger partial charge in [-0.2, -0.15) is 0 Å². The lowest BCUT2D eigenvalue weighted by atomic mass is 10.1. The molecule has 0 radical (unpaired) electrons. The summed E-state index contributed by atoms with van der Waals surface area (Å²) in [7, 11) is 0. The second-order valence-corrected chi connectivity index (χ2v) is 4.95. The van der Waals surface area contributed by atoms with Crippen molar-refractivity contribution in [2.45, 2.75) is 4.90 Å². The molecule has 102 valence electrons. The van der Waals surface area contributed by atoms with Crippen LogP contribution in [-0.4, -0.2) is 12.0 Å². The van der Waals surface area contributed by atoms with Crippen molar-refractivity contribution < 1.29 is 13.6 Å². The molecule has 0 aliphatic heterocycles. The van der Waals surface area contributed by atoms with Crippen molar-refractivity contribution in [1.29, 1.82) is 0 Å². The summed E-state index contributed by atoms with van der Waals surface area (Å²) in [4.78, 5) is 12.9. The van der Waals surface area contributed by atoms with Gasteiger partial charge in [0.1, 0.15) is 11.6 Å². The van der Waals surface area contributed by atoms with E-state index in [0.29, 0.717) is 11.1 Å². The molecule has 0 aromatic heterocycles. The zero-order valence-corrected chi connectivity index (χ0v) is 11.6. The van der Waals surface area contributed by atoms with Crippen LogP contribution in [0.2, 0.25) is 0 Å². The zero-order chi connectivity index (χ0) is 14.5. The van der Waals surface area contributed by atoms with E-state index >= 15 is 0 Å². The molecule has 20 heavy (non-hydrogen) atoms. The Morgan fingerprint density at radius 1 is 1.10 bits per heavy atom. The number of halogens is 2. The fourth-order valence-electron chi connectivity index (χ4n) is 1.78. The van der Waals surface area contributed by atoms with Crippen LogP contribution in [0.5, 0.6) is 0 Å². The van der Waals surface area contributed by atoms with E-state index in [1.165, 1.54) is 36.0 Å². The molecule has 0 saturated heterocycles. The first kappa shape index (κ1) is 14.5. The Bertz CT molecular complexity index is 645. The number of ketones is 1. The maximum Gasteiger partial charge on any atom is 0.186 e. The molecular formula is C16H12F2OS. The summed E-state index contributed by atoms with van der Waals surface area (Å²) in [5.74, 6) is -1.53. The van der Waals surface area contributed by atoms with E-state index in [1.54, 1.807) is 12.1 Å². The van der Waals surface area contributed by atoms with Crippen LogP contribution in [0.25, 0.3) is 6.08 Å². The molecule has 4 heteroatoms. The third-order valence-electron chi connectivity index (χ3n) is 2.68. The molecule has 0 fully saturated rings. The number of carbonyl (C=O) groups excluding carboxylic acids is 1. The van der Waals surface area contributed by atoms with Gasteiger partial charge < -0.3 is 0 Å². The van der Waals surface area contributed by atoms with E-state index in [4.69, 9.17) is 0 Å². The number of benzene rings is 2. The molecule has 1 nitrogen and oxygen atoms in total. The topological polar surface area (TPSA) is 17.1 Å². The number of thioether (sulfide) groups is 1. The summed E-state index contributed by atoms with van der Waals surface area (Å²) >= 11 is 1.48. The fourth-order valence-corrected chi connectivity index (χ4v) is 2.38. The fraction of sp³-hybridized carbons (Fsp3) is 0.0625. The normalized spacial score (nSPS) is 10.9. The zero-order valence-electron chi connectivity index (χ0n) is 10.8. The summed E-state index contributed by atoms with van der Waals surface area (Å²) < 4.78 is 26.1. The van der Waals surface area contributed by atoms with Gasteiger partial charge in [0, 0.05) is 16.5 Å². The van der Waals surface area contributed by atoms with Gasteiger partial charge in [-0.15, -0.1) is 11.8 Å². The maximum absolute atomic E-state index is 13.0. The molecule has 0 aliphatic carbocycles. The van der Waals surface area contributed by atoms with Gasteiger partial charge in [-0.1, -0.05) is 18.2 Å². The second kappa shape index (κ2) is 6.48. The molecule has 0 aliphatic rings. The number of hydrogen-bond acceptors (Lipinski definition) is 2. The average molecular weight is 290 g/mol. The molecule has 2 aromatic rings. The molecule has 0 amide bonds. The van der Waals surface area contributed by atoms with Crippen molar-refractivity contribution >= 4 is 23.6 Å². The van der Waals surface area contributed by atoms with Crippen molar-refractivity contribution in [2.24, 2.45) is 0 Å². The van der Waals surface area contributed by atoms with Gasteiger partial charge in [0.25, 0.3) is 0 Å². The van der Waals surface area contributed by atoms with E-state index in [-0.39, 0.29) is 5.78 Å². The van der Waals surface area contributed by atoms with Crippen LogP contribution in [0.15, 0.2) is 53.4 Å². The van der Waals surface area contributed by atoms with Crippen molar-refractivity contribution in [3.8, 4) is 0 Å². The monoisotopic (exact) mass is 290 g/mol. The highest BCUT2D eigenvalue weighted by Crippen LogP contribution is 2.21. The number of hydrogen-bond donors (Lipinski definition) is 0. The lowest BCUT2D eigenvalue weighted by molar-refractivity contribution is 0.104. The van der Waals surface area contributed by atoms with Crippen LogP contribution in [0.3, 0.4) is 0 Å². The van der Waals surface area contributed by atoms with E-state index in [1.807, 2.05) is 18.4 Å². The smallest absolute Gasteiger partial charge is 0.186 e. The number of allylic oxidation sites excluding steroid dienone is 1. The second-order valence-electron chi connectivity index (χ2n) is 4.10. The van der Waals surface area contributed by atoms with Crippen LogP contribution in [0, 0.1) is 11.6 Å². The van der Waals surface area contributed by atoms with E-state index in [0.717, 1.165) is 11.0 Å². The minimum absolute atomic E-state index is 0.195. The molecule has 0 unspecified atom stereocenters. The first-order valence-corrected chi connectivity index (χ1v) is 7.14. The largest absolute Gasteiger partial charge is 0.289 e. The molecule has 0 atom stereocenters. The van der Waals surface area contributed by atoms with E-state index in [9.17, 15) is 13.6 Å². The highest BCUT2D eigenvalue weighted by Gasteiger charge is 2.07. The first-order chi connectivity index (χ1) is 9.60. The van der Waals surface area contributed by atoms with Crippen molar-refractivity contribution in [2.75, 3.05) is 6.26 Å². The minimum atomic E-state index is -0.665. The van der Waals surface area contributed by atoms with Gasteiger partial charge in [0.15, 0.2) is 5.78 Å². The van der Waals surface area contributed by atoms with Crippen LogP contribution >= 0.6 is 11.8 Å². The first-order valence-electron chi connectivity index (χ1n) is 5.91. The standard InChI is InChI=1S/C16H12F2OS/c1-20-16-5-3-2-4-14(16)15(19)7-6-11-8-12(17)10-13(18)9-11/h2-10H,1H3/b7-6+. The minimum Gasteiger partial charge on any atom is -0.289 e. The summed E-state index contributed by atoms with van der Waals surface area (Å²) in [6.07, 6.45) is 4.62. The van der Waals surface area contributed by atoms with Gasteiger partial charge in [-0.05, 0) is 42.2 Å². The summed E-state index contributed by atoms with van der Waals surface area (Å²) in [6, 6.07) is 10.4. The third kappa shape index (κ3) is 3.54. The Balaban J connectivity index is 2.24. The summed E-state index contributed by atoms with van der Waals surface area (Å²) in [5.41, 5.74) is 0.894. The lowest BCUT2D eigenvalue weighted by Crippen LogP contribution is -1.96. The van der Waals surface area contributed by atoms with Gasteiger partial charge in [0.05, 0.1) is 0 Å². The Morgan fingerprint density at radius 2 is 1.75 bits per heavy atom. The maximum atomic E-state index is 13.0. The summed E-state index contributed by atoms with van der Waals surface area (Å²) in [6.45, 7) is 0. The van der Waals surface area contributed by atoms with E-state index in [2.05, 4.69) is 0 Å². The lowest BCUT2D eigenvalue weighted by Gasteiger charge is -2.02. The Kier molecular flexibility index (Phi) is 4.69. The molecule has 0 bridgehead atoms. The predicted octanol–water partition coefficient (Wildman–Crippen LogP) is 4.58. The highest BCUT2D eigenvalue weighted by atomic mass is 32.2. The van der Waals surface area contributed by atoms with Gasteiger partial charge in [-0.25, -0.2) is 8.78 Å². The summed E-state index contributed by atoms with van der Waals surface area (Å²) in [5, 5.41) is 0. The molecule has 2 rings (SSSR count). The quantitative estimate of drug-likeness (QED) is 0.465. The van der Waals surface area contributed by atoms with Crippen LogP contribution in [0.4, 0.5) is 8.78 Å². The van der Waals surface area contributed by atoms with Gasteiger partial charge in [0.2, 0.25) is 0 Å². The highest BCUT2D eigenvalue weighted by molar-refractivity contribution is 7.98. The molecule has 0 N–H and O–H groups in total. The Morgan fingerprint density at radius 3 is 2.40 bits per heavy atom. The molecular weight excluding hydrogens is 278 g/mol. The van der Waals surface area contributed by atoms with Crippen LogP contribution in [0.1, 0.15) is 15.9 Å². The molecule has 0 saturated carbocycles. The third-order valence-corrected chi connectivity index (χ3v) is 3.48. The van der Waals surface area contributed by atoms with Crippen LogP contribution in [-0.2, 0) is 0 Å². The van der Waals surface area contributed by atoms with Gasteiger partial charge in [-0.3, -0.25) is 4.79 Å². The Hall–Kier alpha value is -1.94. The molecule has 2 aromatic carbocycles. The average Bonchev–Trinajstić information content (AvgIpc) is 2.43. The SMILES string of the molecule is CSc1ccccc1C(=O)/C=C/c1cc(F)cc(F)c1. The van der Waals surface area contributed by atoms with E-state index < -0.39 is 11.6 Å². The predicted molar refractivity (Wildman–Crippen MR) is 77.9 cm³/mol. The molecule has 0 spiro atoms. The molecule has 0 heterocycles. The Labute approximate surface area is 120 Å². The van der Waals surface area contributed by atoms with Crippen molar-refractivity contribution in [3.63, 3.8) is 0 Å². The number of rotatable bonds is 4. The van der Waals surface area contributed by atoms with Gasteiger partial charge >= 0.3 is 0 Å². The van der Waals surface area contributed by atoms with Crippen molar-refractivity contribution in [3.05, 3.63) is 71.3 Å². The van der Waals surface area contributed by atoms with Crippen LogP contribution < -0.4 is 0 Å². The number of carbonyl (C=O) groups is 1. The van der Waals surface area contributed by atoms with Crippen molar-refractivity contribution in [1.82, 2.24) is 0 Å².